The topological polar surface area (TPSA) is 117 Å². The number of hydrogen-bond acceptors (Lipinski definition) is 5. The molecular weight excluding hydrogens is 413 g/mol. The van der Waals surface area contributed by atoms with Crippen molar-refractivity contribution in [2.24, 2.45) is 4.99 Å². The van der Waals surface area contributed by atoms with Gasteiger partial charge in [-0.1, -0.05) is 18.2 Å². The molecule has 30 heavy (non-hydrogen) atoms. The van der Waals surface area contributed by atoms with Crippen LogP contribution in [-0.4, -0.2) is 50.9 Å². The Morgan fingerprint density at radius 2 is 1.93 bits per heavy atom. The first-order valence-corrected chi connectivity index (χ1v) is 10.7. The van der Waals surface area contributed by atoms with Crippen molar-refractivity contribution in [3.63, 3.8) is 0 Å². The maximum Gasteiger partial charge on any atom is 0.270 e. The normalized spacial score (nSPS) is 11.9. The highest BCUT2D eigenvalue weighted by Gasteiger charge is 2.17. The molecule has 162 valence electrons. The molecule has 11 heteroatoms. The molecular formula is C19H24FN5O4S. The van der Waals surface area contributed by atoms with Gasteiger partial charge in [-0.2, -0.15) is 0 Å². The summed E-state index contributed by atoms with van der Waals surface area (Å²) in [5.74, 6) is 0.259. The number of hydrogen-bond donors (Lipinski definition) is 2. The predicted molar refractivity (Wildman–Crippen MR) is 112 cm³/mol. The molecule has 0 aliphatic heterocycles. The molecule has 2 rings (SSSR count). The Bertz CT molecular complexity index is 996. The van der Waals surface area contributed by atoms with Crippen molar-refractivity contribution >= 4 is 21.7 Å². The van der Waals surface area contributed by atoms with E-state index in [-0.39, 0.29) is 29.5 Å². The zero-order valence-electron chi connectivity index (χ0n) is 16.7. The van der Waals surface area contributed by atoms with E-state index in [4.69, 9.17) is 0 Å². The Kier molecular flexibility index (Phi) is 8.25. The second-order valence-corrected chi connectivity index (χ2v) is 8.14. The van der Waals surface area contributed by atoms with Gasteiger partial charge >= 0.3 is 0 Å². The van der Waals surface area contributed by atoms with Gasteiger partial charge in [0, 0.05) is 38.8 Å². The van der Waals surface area contributed by atoms with Gasteiger partial charge in [-0.15, -0.1) is 0 Å². The molecule has 0 heterocycles. The van der Waals surface area contributed by atoms with E-state index in [1.807, 2.05) is 18.9 Å². The summed E-state index contributed by atoms with van der Waals surface area (Å²) in [6, 6.07) is 11.0. The summed E-state index contributed by atoms with van der Waals surface area (Å²) in [5, 5.41) is 13.9. The Morgan fingerprint density at radius 3 is 2.57 bits per heavy atom. The minimum atomic E-state index is -3.89. The fourth-order valence-electron chi connectivity index (χ4n) is 2.60. The Labute approximate surface area is 174 Å². The number of nitrogens with zero attached hydrogens (tertiary/aromatic N) is 3. The van der Waals surface area contributed by atoms with E-state index in [0.717, 1.165) is 11.6 Å². The Morgan fingerprint density at radius 1 is 1.23 bits per heavy atom. The second-order valence-electron chi connectivity index (χ2n) is 6.37. The molecule has 0 atom stereocenters. The van der Waals surface area contributed by atoms with Crippen LogP contribution in [0.5, 0.6) is 0 Å². The highest BCUT2D eigenvalue weighted by molar-refractivity contribution is 7.89. The van der Waals surface area contributed by atoms with E-state index in [9.17, 15) is 22.9 Å². The van der Waals surface area contributed by atoms with Gasteiger partial charge in [-0.25, -0.2) is 17.5 Å². The van der Waals surface area contributed by atoms with Crippen molar-refractivity contribution in [3.8, 4) is 0 Å². The van der Waals surface area contributed by atoms with Crippen molar-refractivity contribution in [1.29, 1.82) is 0 Å². The van der Waals surface area contributed by atoms with Gasteiger partial charge < -0.3 is 10.2 Å². The molecule has 0 spiro atoms. The fourth-order valence-corrected chi connectivity index (χ4v) is 3.66. The van der Waals surface area contributed by atoms with Crippen LogP contribution in [0.15, 0.2) is 58.4 Å². The van der Waals surface area contributed by atoms with Crippen molar-refractivity contribution < 1.29 is 17.7 Å². The highest BCUT2D eigenvalue weighted by atomic mass is 32.2. The molecule has 0 aromatic heterocycles. The summed E-state index contributed by atoms with van der Waals surface area (Å²) < 4.78 is 40.1. The molecule has 0 saturated carbocycles. The molecule has 0 aliphatic rings. The fraction of sp³-hybridized carbons (Fsp3) is 0.316. The second kappa shape index (κ2) is 10.6. The van der Waals surface area contributed by atoms with Crippen LogP contribution in [0.2, 0.25) is 0 Å². The van der Waals surface area contributed by atoms with Crippen molar-refractivity contribution in [2.45, 2.75) is 18.4 Å². The zero-order valence-corrected chi connectivity index (χ0v) is 17.5. The predicted octanol–water partition coefficient (Wildman–Crippen LogP) is 2.11. The highest BCUT2D eigenvalue weighted by Crippen LogP contribution is 2.16. The molecule has 0 aliphatic carbocycles. The summed E-state index contributed by atoms with van der Waals surface area (Å²) in [5.41, 5.74) is 0.601. The summed E-state index contributed by atoms with van der Waals surface area (Å²) in [4.78, 5) is 16.2. The third-order valence-corrected chi connectivity index (χ3v) is 5.49. The Hall–Kier alpha value is -3.05. The van der Waals surface area contributed by atoms with Gasteiger partial charge in [0.15, 0.2) is 5.96 Å². The van der Waals surface area contributed by atoms with Crippen LogP contribution >= 0.6 is 0 Å². The average molecular weight is 437 g/mol. The van der Waals surface area contributed by atoms with Crippen LogP contribution in [0.3, 0.4) is 0 Å². The number of benzene rings is 2. The zero-order chi connectivity index (χ0) is 22.1. The number of nitrogens with one attached hydrogen (secondary N) is 2. The largest absolute Gasteiger partial charge is 0.357 e. The monoisotopic (exact) mass is 437 g/mol. The van der Waals surface area contributed by atoms with E-state index in [1.165, 1.54) is 30.3 Å². The number of non-ortho nitro benzene ring substituents is 1. The van der Waals surface area contributed by atoms with Crippen LogP contribution in [0.1, 0.15) is 12.5 Å². The molecule has 2 aromatic carbocycles. The summed E-state index contributed by atoms with van der Waals surface area (Å²) in [7, 11) is -2.08. The lowest BCUT2D eigenvalue weighted by atomic mass is 10.2. The SMILES string of the molecule is CCNC(=NCCNS(=O)(=O)c1cccc([N+](=O)[O-])c1)N(C)Cc1ccc(F)cc1. The number of guanidine groups is 1. The summed E-state index contributed by atoms with van der Waals surface area (Å²) in [6.45, 7) is 3.19. The smallest absolute Gasteiger partial charge is 0.270 e. The third kappa shape index (κ3) is 6.78. The molecule has 2 N–H and O–H groups in total. The number of aliphatic imine (C=N–C) groups is 1. The number of nitro benzene ring substituents is 1. The maximum atomic E-state index is 13.1. The van der Waals surface area contributed by atoms with Gasteiger partial charge in [0.25, 0.3) is 5.69 Å². The molecule has 0 amide bonds. The summed E-state index contributed by atoms with van der Waals surface area (Å²) in [6.07, 6.45) is 0. The van der Waals surface area contributed by atoms with Gasteiger partial charge in [0.05, 0.1) is 16.4 Å². The molecule has 0 radical (unpaired) electrons. The van der Waals surface area contributed by atoms with Crippen LogP contribution in [-0.2, 0) is 16.6 Å². The minimum absolute atomic E-state index is 0.0182. The molecule has 0 bridgehead atoms. The number of nitro groups is 1. The van der Waals surface area contributed by atoms with Gasteiger partial charge in [0.1, 0.15) is 5.82 Å². The van der Waals surface area contributed by atoms with Crippen LogP contribution in [0.4, 0.5) is 10.1 Å². The van der Waals surface area contributed by atoms with Crippen molar-refractivity contribution in [3.05, 3.63) is 70.0 Å². The molecule has 9 nitrogen and oxygen atoms in total. The van der Waals surface area contributed by atoms with Crippen LogP contribution in [0, 0.1) is 15.9 Å². The average Bonchev–Trinajstić information content (AvgIpc) is 2.72. The molecule has 2 aromatic rings. The molecule has 0 saturated heterocycles. The van der Waals surface area contributed by atoms with E-state index < -0.39 is 14.9 Å². The van der Waals surface area contributed by atoms with Gasteiger partial charge in [0.2, 0.25) is 10.0 Å². The van der Waals surface area contributed by atoms with Crippen LogP contribution < -0.4 is 10.0 Å². The molecule has 0 fully saturated rings. The van der Waals surface area contributed by atoms with Crippen molar-refractivity contribution in [1.82, 2.24) is 14.9 Å². The van der Waals surface area contributed by atoms with E-state index in [2.05, 4.69) is 15.0 Å². The van der Waals surface area contributed by atoms with E-state index >= 15 is 0 Å². The maximum absolute atomic E-state index is 13.1. The van der Waals surface area contributed by atoms with Crippen LogP contribution in [0.25, 0.3) is 0 Å². The first kappa shape index (κ1) is 23.2. The lowest BCUT2D eigenvalue weighted by Crippen LogP contribution is -2.39. The lowest BCUT2D eigenvalue weighted by molar-refractivity contribution is -0.385. The number of halogens is 1. The van der Waals surface area contributed by atoms with E-state index in [1.54, 1.807) is 12.1 Å². The lowest BCUT2D eigenvalue weighted by Gasteiger charge is -2.22. The Balaban J connectivity index is 1.98. The van der Waals surface area contributed by atoms with Gasteiger partial charge in [-0.05, 0) is 30.7 Å². The molecule has 0 unspecified atom stereocenters. The van der Waals surface area contributed by atoms with E-state index in [0.29, 0.717) is 19.0 Å². The third-order valence-electron chi connectivity index (χ3n) is 4.03. The number of sulfonamides is 1. The van der Waals surface area contributed by atoms with Gasteiger partial charge in [-0.3, -0.25) is 15.1 Å². The number of rotatable bonds is 9. The van der Waals surface area contributed by atoms with Crippen molar-refractivity contribution in [2.75, 3.05) is 26.7 Å². The minimum Gasteiger partial charge on any atom is -0.357 e. The standard InChI is InChI=1S/C19H24FN5O4S/c1-3-21-19(24(2)14-15-7-9-16(20)10-8-15)22-11-12-23-30(28,29)18-6-4-5-17(13-18)25(26)27/h4-10,13,23H,3,11-12,14H2,1-2H3,(H,21,22). The summed E-state index contributed by atoms with van der Waals surface area (Å²) >= 11 is 0. The first-order valence-electron chi connectivity index (χ1n) is 9.21. The first-order chi connectivity index (χ1) is 14.2. The quantitative estimate of drug-likeness (QED) is 0.204.